The first kappa shape index (κ1) is 18.9. The smallest absolute Gasteiger partial charge is 0.250 e. The molecule has 0 atom stereocenters. The first-order valence-electron chi connectivity index (χ1n) is 7.93. The van der Waals surface area contributed by atoms with Crippen molar-refractivity contribution in [2.24, 2.45) is 0 Å². The van der Waals surface area contributed by atoms with E-state index in [-0.39, 0.29) is 18.1 Å². The van der Waals surface area contributed by atoms with Gasteiger partial charge >= 0.3 is 0 Å². The molecule has 0 aromatic heterocycles. The Bertz CT molecular complexity index is 824. The van der Waals surface area contributed by atoms with Gasteiger partial charge in [0.15, 0.2) is 5.78 Å². The van der Waals surface area contributed by atoms with Crippen LogP contribution in [0.25, 0.3) is 0 Å². The van der Waals surface area contributed by atoms with Crippen LogP contribution in [0.2, 0.25) is 0 Å². The minimum absolute atomic E-state index is 0.274. The molecule has 0 unspecified atom stereocenters. The molecular formula is C20H20N2O4. The zero-order valence-electron chi connectivity index (χ0n) is 14.7. The van der Waals surface area contributed by atoms with Crippen molar-refractivity contribution in [3.63, 3.8) is 0 Å². The number of rotatable bonds is 7. The lowest BCUT2D eigenvalue weighted by molar-refractivity contribution is -0.115. The summed E-state index contributed by atoms with van der Waals surface area (Å²) >= 11 is 0. The average molecular weight is 352 g/mol. The van der Waals surface area contributed by atoms with Gasteiger partial charge in [-0.25, -0.2) is 0 Å². The fraction of sp³-hybridized carbons (Fsp3) is 0.150. The van der Waals surface area contributed by atoms with Crippen molar-refractivity contribution in [3.8, 4) is 5.75 Å². The molecule has 2 N–H and O–H groups in total. The van der Waals surface area contributed by atoms with Gasteiger partial charge in [0.25, 0.3) is 5.91 Å². The summed E-state index contributed by atoms with van der Waals surface area (Å²) in [6, 6.07) is 13.2. The molecule has 0 aliphatic carbocycles. The highest BCUT2D eigenvalue weighted by Crippen LogP contribution is 2.16. The number of benzene rings is 2. The summed E-state index contributed by atoms with van der Waals surface area (Å²) in [5, 5.41) is 5.31. The number of carbonyl (C=O) groups excluding carboxylic acids is 3. The number of amides is 2. The normalized spacial score (nSPS) is 9.92. The van der Waals surface area contributed by atoms with E-state index >= 15 is 0 Å². The molecule has 0 aliphatic heterocycles. The van der Waals surface area contributed by atoms with E-state index in [4.69, 9.17) is 4.74 Å². The van der Waals surface area contributed by atoms with Gasteiger partial charge in [0, 0.05) is 22.5 Å². The Labute approximate surface area is 151 Å². The molecular weight excluding hydrogens is 332 g/mol. The van der Waals surface area contributed by atoms with Crippen molar-refractivity contribution in [3.05, 3.63) is 66.2 Å². The first-order valence-corrected chi connectivity index (χ1v) is 7.93. The van der Waals surface area contributed by atoms with Gasteiger partial charge in [0.2, 0.25) is 5.91 Å². The van der Waals surface area contributed by atoms with Gasteiger partial charge < -0.3 is 15.4 Å². The molecule has 0 saturated heterocycles. The molecule has 0 aliphatic rings. The van der Waals surface area contributed by atoms with E-state index in [9.17, 15) is 14.4 Å². The maximum atomic E-state index is 12.2. The number of ether oxygens (including phenoxy) is 1. The largest absolute Gasteiger partial charge is 0.497 e. The Balaban J connectivity index is 1.92. The van der Waals surface area contributed by atoms with Gasteiger partial charge in [-0.3, -0.25) is 14.4 Å². The third-order valence-corrected chi connectivity index (χ3v) is 3.55. The number of anilines is 2. The maximum Gasteiger partial charge on any atom is 0.250 e. The summed E-state index contributed by atoms with van der Waals surface area (Å²) in [4.78, 5) is 35.8. The summed E-state index contributed by atoms with van der Waals surface area (Å²) in [6.07, 6.45) is -0.274. The molecule has 2 amide bonds. The SMILES string of the molecule is C=C(C)C(=O)Nc1ccc(C(=O)CC(=O)Nc2ccc(OC)cc2)cc1. The molecule has 0 radical (unpaired) electrons. The topological polar surface area (TPSA) is 84.5 Å². The van der Waals surface area contributed by atoms with Crippen LogP contribution >= 0.6 is 0 Å². The van der Waals surface area contributed by atoms with Crippen molar-refractivity contribution in [2.45, 2.75) is 13.3 Å². The monoisotopic (exact) mass is 352 g/mol. The third kappa shape index (κ3) is 5.31. The summed E-state index contributed by atoms with van der Waals surface area (Å²) in [5.74, 6) is -0.325. The van der Waals surface area contributed by atoms with Gasteiger partial charge in [0.1, 0.15) is 5.75 Å². The average Bonchev–Trinajstić information content (AvgIpc) is 2.62. The fourth-order valence-corrected chi connectivity index (χ4v) is 2.10. The second-order valence-corrected chi connectivity index (χ2v) is 5.69. The minimum Gasteiger partial charge on any atom is -0.497 e. The highest BCUT2D eigenvalue weighted by atomic mass is 16.5. The van der Waals surface area contributed by atoms with Gasteiger partial charge in [-0.15, -0.1) is 0 Å². The Morgan fingerprint density at radius 3 is 2.00 bits per heavy atom. The molecule has 134 valence electrons. The highest BCUT2D eigenvalue weighted by Gasteiger charge is 2.12. The van der Waals surface area contributed by atoms with Crippen molar-refractivity contribution < 1.29 is 19.1 Å². The Kier molecular flexibility index (Phi) is 6.27. The van der Waals surface area contributed by atoms with E-state index in [1.54, 1.807) is 62.6 Å². The predicted octanol–water partition coefficient (Wildman–Crippen LogP) is 3.42. The van der Waals surface area contributed by atoms with Crippen LogP contribution in [-0.4, -0.2) is 24.7 Å². The Morgan fingerprint density at radius 2 is 1.46 bits per heavy atom. The molecule has 2 rings (SSSR count). The second-order valence-electron chi connectivity index (χ2n) is 5.69. The van der Waals surface area contributed by atoms with Crippen LogP contribution in [0.1, 0.15) is 23.7 Å². The number of hydrogen-bond acceptors (Lipinski definition) is 4. The summed E-state index contributed by atoms with van der Waals surface area (Å²) in [6.45, 7) is 5.16. The second kappa shape index (κ2) is 8.62. The molecule has 26 heavy (non-hydrogen) atoms. The van der Waals surface area contributed by atoms with E-state index < -0.39 is 5.91 Å². The van der Waals surface area contributed by atoms with E-state index in [0.717, 1.165) is 0 Å². The van der Waals surface area contributed by atoms with E-state index in [1.165, 1.54) is 0 Å². The Hall–Kier alpha value is -3.41. The standard InChI is InChI=1S/C20H20N2O4/c1-13(2)20(25)22-16-6-4-14(5-7-16)18(23)12-19(24)21-15-8-10-17(26-3)11-9-15/h4-11H,1,12H2,2-3H3,(H,21,24)(H,22,25). The molecule has 0 heterocycles. The number of methoxy groups -OCH3 is 1. The van der Waals surface area contributed by atoms with Crippen LogP contribution < -0.4 is 15.4 Å². The quantitative estimate of drug-likeness (QED) is 0.454. The van der Waals surface area contributed by atoms with Crippen molar-refractivity contribution >= 4 is 29.0 Å². The number of hydrogen-bond donors (Lipinski definition) is 2. The molecule has 2 aromatic carbocycles. The van der Waals surface area contributed by atoms with E-state index in [0.29, 0.717) is 28.3 Å². The van der Waals surface area contributed by atoms with Crippen LogP contribution in [0.4, 0.5) is 11.4 Å². The summed E-state index contributed by atoms with van der Waals surface area (Å²) in [7, 11) is 1.56. The van der Waals surface area contributed by atoms with Crippen LogP contribution in [0.5, 0.6) is 5.75 Å². The maximum absolute atomic E-state index is 12.2. The number of carbonyl (C=O) groups is 3. The van der Waals surface area contributed by atoms with Gasteiger partial charge in [0.05, 0.1) is 13.5 Å². The highest BCUT2D eigenvalue weighted by molar-refractivity contribution is 6.11. The third-order valence-electron chi connectivity index (χ3n) is 3.55. The number of Topliss-reactive ketones (excluding diaryl/α,β-unsaturated/α-hetero) is 1. The first-order chi connectivity index (χ1) is 12.4. The van der Waals surface area contributed by atoms with Crippen molar-refractivity contribution in [1.29, 1.82) is 0 Å². The molecule has 6 heteroatoms. The molecule has 0 fully saturated rings. The zero-order chi connectivity index (χ0) is 19.1. The molecule has 2 aromatic rings. The lowest BCUT2D eigenvalue weighted by Crippen LogP contribution is -2.16. The zero-order valence-corrected chi connectivity index (χ0v) is 14.7. The van der Waals surface area contributed by atoms with Gasteiger partial charge in [-0.2, -0.15) is 0 Å². The lowest BCUT2D eigenvalue weighted by atomic mass is 10.1. The van der Waals surface area contributed by atoms with Crippen LogP contribution in [0.15, 0.2) is 60.7 Å². The lowest BCUT2D eigenvalue weighted by Gasteiger charge is -2.07. The summed E-state index contributed by atoms with van der Waals surface area (Å²) < 4.78 is 5.05. The number of nitrogens with one attached hydrogen (secondary N) is 2. The van der Waals surface area contributed by atoms with Crippen LogP contribution in [0, 0.1) is 0 Å². The van der Waals surface area contributed by atoms with Crippen molar-refractivity contribution in [1.82, 2.24) is 0 Å². The van der Waals surface area contributed by atoms with Crippen molar-refractivity contribution in [2.75, 3.05) is 17.7 Å². The summed E-state index contributed by atoms with van der Waals surface area (Å²) in [5.41, 5.74) is 1.92. The van der Waals surface area contributed by atoms with Gasteiger partial charge in [-0.1, -0.05) is 6.58 Å². The van der Waals surface area contributed by atoms with Gasteiger partial charge in [-0.05, 0) is 55.5 Å². The Morgan fingerprint density at radius 1 is 0.923 bits per heavy atom. The predicted molar refractivity (Wildman–Crippen MR) is 100 cm³/mol. The molecule has 0 bridgehead atoms. The van der Waals surface area contributed by atoms with Crippen LogP contribution in [0.3, 0.4) is 0 Å². The minimum atomic E-state index is -0.403. The molecule has 6 nitrogen and oxygen atoms in total. The fourth-order valence-electron chi connectivity index (χ4n) is 2.10. The van der Waals surface area contributed by atoms with Crippen LogP contribution in [-0.2, 0) is 9.59 Å². The van der Waals surface area contributed by atoms with E-state index in [1.807, 2.05) is 0 Å². The number of ketones is 1. The molecule has 0 spiro atoms. The molecule has 0 saturated carbocycles. The van der Waals surface area contributed by atoms with E-state index in [2.05, 4.69) is 17.2 Å².